The number of hydrogen-bond acceptors (Lipinski definition) is 3. The fourth-order valence-corrected chi connectivity index (χ4v) is 1.70. The summed E-state index contributed by atoms with van der Waals surface area (Å²) in [7, 11) is 0. The monoisotopic (exact) mass is 252 g/mol. The van der Waals surface area contributed by atoms with Crippen LogP contribution in [0.5, 0.6) is 0 Å². The summed E-state index contributed by atoms with van der Waals surface area (Å²) < 4.78 is 5.21. The molecular formula is C10H9BrN2O. The van der Waals surface area contributed by atoms with Gasteiger partial charge in [0.1, 0.15) is 0 Å². The van der Waals surface area contributed by atoms with Crippen LogP contribution in [0.1, 0.15) is 11.3 Å². The maximum Gasteiger partial charge on any atom is 0.195 e. The van der Waals surface area contributed by atoms with Gasteiger partial charge in [0, 0.05) is 22.8 Å². The Kier molecular flexibility index (Phi) is 2.63. The van der Waals surface area contributed by atoms with Gasteiger partial charge in [0.2, 0.25) is 0 Å². The molecule has 2 aromatic heterocycles. The zero-order chi connectivity index (χ0) is 9.97. The van der Waals surface area contributed by atoms with Gasteiger partial charge in [-0.05, 0) is 19.1 Å². The molecule has 0 saturated heterocycles. The van der Waals surface area contributed by atoms with Crippen molar-refractivity contribution >= 4 is 15.9 Å². The molecule has 0 atom stereocenters. The first-order valence-corrected chi connectivity index (χ1v) is 5.36. The lowest BCUT2D eigenvalue weighted by atomic mass is 10.3. The second kappa shape index (κ2) is 3.92. The molecule has 0 aliphatic rings. The number of aromatic nitrogens is 2. The van der Waals surface area contributed by atoms with Crippen molar-refractivity contribution in [1.29, 1.82) is 0 Å². The Morgan fingerprint density at radius 3 is 2.93 bits per heavy atom. The van der Waals surface area contributed by atoms with Crippen LogP contribution in [-0.2, 0) is 5.33 Å². The van der Waals surface area contributed by atoms with Crippen LogP contribution in [0.15, 0.2) is 29.0 Å². The fraction of sp³-hybridized carbons (Fsp3) is 0.200. The Morgan fingerprint density at radius 2 is 2.36 bits per heavy atom. The summed E-state index contributed by atoms with van der Waals surface area (Å²) in [5, 5.41) is 0.775. The summed E-state index contributed by atoms with van der Waals surface area (Å²) in [5.74, 6) is 1.34. The van der Waals surface area contributed by atoms with Gasteiger partial charge in [-0.15, -0.1) is 0 Å². The molecule has 2 heterocycles. The second-order valence-electron chi connectivity index (χ2n) is 2.92. The van der Waals surface area contributed by atoms with Crippen LogP contribution in [0, 0.1) is 6.92 Å². The molecule has 0 spiro atoms. The Labute approximate surface area is 90.3 Å². The van der Waals surface area contributed by atoms with Gasteiger partial charge < -0.3 is 4.42 Å². The standard InChI is InChI=1S/C10H9BrN2O/c1-7-8(5-11)6-12-10(13-7)9-3-2-4-14-9/h2-4,6H,5H2,1H3. The van der Waals surface area contributed by atoms with Crippen molar-refractivity contribution in [3.8, 4) is 11.6 Å². The third-order valence-electron chi connectivity index (χ3n) is 1.97. The third kappa shape index (κ3) is 1.70. The quantitative estimate of drug-likeness (QED) is 0.772. The molecule has 4 heteroatoms. The normalized spacial score (nSPS) is 10.4. The van der Waals surface area contributed by atoms with E-state index < -0.39 is 0 Å². The van der Waals surface area contributed by atoms with Crippen LogP contribution < -0.4 is 0 Å². The molecule has 0 unspecified atom stereocenters. The van der Waals surface area contributed by atoms with E-state index in [9.17, 15) is 0 Å². The SMILES string of the molecule is Cc1nc(-c2ccco2)ncc1CBr. The van der Waals surface area contributed by atoms with Crippen LogP contribution in [0.3, 0.4) is 0 Å². The lowest BCUT2D eigenvalue weighted by Gasteiger charge is -2.01. The van der Waals surface area contributed by atoms with Crippen LogP contribution in [0.2, 0.25) is 0 Å². The van der Waals surface area contributed by atoms with Crippen molar-refractivity contribution in [3.05, 3.63) is 35.9 Å². The van der Waals surface area contributed by atoms with Crippen LogP contribution in [0.25, 0.3) is 11.6 Å². The smallest absolute Gasteiger partial charge is 0.195 e. The Balaban J connectivity index is 2.43. The van der Waals surface area contributed by atoms with E-state index in [-0.39, 0.29) is 0 Å². The molecule has 0 bridgehead atoms. The van der Waals surface area contributed by atoms with E-state index in [1.165, 1.54) is 0 Å². The highest BCUT2D eigenvalue weighted by atomic mass is 79.9. The molecule has 0 N–H and O–H groups in total. The largest absolute Gasteiger partial charge is 0.461 e. The van der Waals surface area contributed by atoms with Crippen molar-refractivity contribution in [1.82, 2.24) is 9.97 Å². The summed E-state index contributed by atoms with van der Waals surface area (Å²) in [6.45, 7) is 1.96. The van der Waals surface area contributed by atoms with Gasteiger partial charge in [-0.3, -0.25) is 0 Å². The molecular weight excluding hydrogens is 244 g/mol. The average molecular weight is 253 g/mol. The predicted molar refractivity (Wildman–Crippen MR) is 57.1 cm³/mol. The summed E-state index contributed by atoms with van der Waals surface area (Å²) in [6.07, 6.45) is 3.43. The van der Waals surface area contributed by atoms with Gasteiger partial charge in [0.05, 0.1) is 6.26 Å². The fourth-order valence-electron chi connectivity index (χ4n) is 1.15. The number of aryl methyl sites for hydroxylation is 1. The molecule has 14 heavy (non-hydrogen) atoms. The zero-order valence-electron chi connectivity index (χ0n) is 7.70. The predicted octanol–water partition coefficient (Wildman–Crippen LogP) is 2.94. The molecule has 0 aliphatic carbocycles. The first kappa shape index (κ1) is 9.40. The van der Waals surface area contributed by atoms with Gasteiger partial charge in [-0.2, -0.15) is 0 Å². The Morgan fingerprint density at radius 1 is 1.50 bits per heavy atom. The van der Waals surface area contributed by atoms with Gasteiger partial charge >= 0.3 is 0 Å². The van der Waals surface area contributed by atoms with E-state index in [0.717, 1.165) is 16.6 Å². The van der Waals surface area contributed by atoms with Crippen LogP contribution >= 0.6 is 15.9 Å². The van der Waals surface area contributed by atoms with Gasteiger partial charge in [0.25, 0.3) is 0 Å². The lowest BCUT2D eigenvalue weighted by molar-refractivity contribution is 0.577. The number of rotatable bonds is 2. The molecule has 0 aliphatic heterocycles. The van der Waals surface area contributed by atoms with Gasteiger partial charge in [-0.1, -0.05) is 15.9 Å². The first-order chi connectivity index (χ1) is 6.81. The number of alkyl halides is 1. The summed E-state index contributed by atoms with van der Waals surface area (Å²) in [4.78, 5) is 8.57. The molecule has 2 rings (SSSR count). The van der Waals surface area contributed by atoms with E-state index in [1.54, 1.807) is 6.26 Å². The molecule has 0 aromatic carbocycles. The molecule has 72 valence electrons. The molecule has 3 nitrogen and oxygen atoms in total. The van der Waals surface area contributed by atoms with Crippen LogP contribution in [-0.4, -0.2) is 9.97 Å². The number of nitrogens with zero attached hydrogens (tertiary/aromatic N) is 2. The maximum absolute atomic E-state index is 5.21. The average Bonchev–Trinajstić information content (AvgIpc) is 2.70. The minimum atomic E-state index is 0.636. The Hall–Kier alpha value is -1.16. The van der Waals surface area contributed by atoms with Crippen molar-refractivity contribution in [2.24, 2.45) is 0 Å². The van der Waals surface area contributed by atoms with Gasteiger partial charge in [0.15, 0.2) is 11.6 Å². The summed E-state index contributed by atoms with van der Waals surface area (Å²) in [5.41, 5.74) is 2.07. The summed E-state index contributed by atoms with van der Waals surface area (Å²) in [6, 6.07) is 3.68. The molecule has 0 saturated carbocycles. The van der Waals surface area contributed by atoms with E-state index in [0.29, 0.717) is 11.6 Å². The summed E-state index contributed by atoms with van der Waals surface area (Å²) >= 11 is 3.38. The van der Waals surface area contributed by atoms with E-state index >= 15 is 0 Å². The lowest BCUT2D eigenvalue weighted by Crippen LogP contribution is -1.95. The van der Waals surface area contributed by atoms with E-state index in [4.69, 9.17) is 4.42 Å². The number of furan rings is 1. The highest BCUT2D eigenvalue weighted by Gasteiger charge is 2.06. The number of halogens is 1. The topological polar surface area (TPSA) is 38.9 Å². The maximum atomic E-state index is 5.21. The Bertz CT molecular complexity index is 426. The molecule has 0 radical (unpaired) electrons. The van der Waals surface area contributed by atoms with Crippen molar-refractivity contribution in [2.45, 2.75) is 12.3 Å². The van der Waals surface area contributed by atoms with Crippen LogP contribution in [0.4, 0.5) is 0 Å². The second-order valence-corrected chi connectivity index (χ2v) is 3.48. The zero-order valence-corrected chi connectivity index (χ0v) is 9.28. The highest BCUT2D eigenvalue weighted by Crippen LogP contribution is 2.17. The molecule has 0 fully saturated rings. The van der Waals surface area contributed by atoms with E-state index in [1.807, 2.05) is 25.3 Å². The number of hydrogen-bond donors (Lipinski definition) is 0. The first-order valence-electron chi connectivity index (χ1n) is 4.23. The van der Waals surface area contributed by atoms with Crippen molar-refractivity contribution in [2.75, 3.05) is 0 Å². The minimum absolute atomic E-state index is 0.636. The van der Waals surface area contributed by atoms with Crippen molar-refractivity contribution < 1.29 is 4.42 Å². The van der Waals surface area contributed by atoms with E-state index in [2.05, 4.69) is 25.9 Å². The van der Waals surface area contributed by atoms with Gasteiger partial charge in [-0.25, -0.2) is 9.97 Å². The molecule has 0 amide bonds. The molecule has 2 aromatic rings. The van der Waals surface area contributed by atoms with Crippen molar-refractivity contribution in [3.63, 3.8) is 0 Å². The minimum Gasteiger partial charge on any atom is -0.461 e. The third-order valence-corrected chi connectivity index (χ3v) is 2.57. The highest BCUT2D eigenvalue weighted by molar-refractivity contribution is 9.08.